The number of carbonyl (C=O) groups excluding carboxylic acids is 1. The Morgan fingerprint density at radius 1 is 1.44 bits per heavy atom. The third-order valence-electron chi connectivity index (χ3n) is 3.39. The van der Waals surface area contributed by atoms with Gasteiger partial charge in [-0.3, -0.25) is 0 Å². The smallest absolute Gasteiger partial charge is 0.316 e. The van der Waals surface area contributed by atoms with Crippen LogP contribution in [0.2, 0.25) is 0 Å². The first kappa shape index (κ1) is 12.7. The van der Waals surface area contributed by atoms with Crippen LogP contribution in [0.15, 0.2) is 24.3 Å². The zero-order valence-electron chi connectivity index (χ0n) is 10.8. The van der Waals surface area contributed by atoms with E-state index >= 15 is 0 Å². The summed E-state index contributed by atoms with van der Waals surface area (Å²) in [6, 6.07) is 8.13. The van der Waals surface area contributed by atoms with Gasteiger partial charge in [0.2, 0.25) is 0 Å². The van der Waals surface area contributed by atoms with Crippen molar-refractivity contribution in [1.82, 2.24) is 4.90 Å². The van der Waals surface area contributed by atoms with E-state index in [4.69, 9.17) is 5.73 Å². The standard InChI is InChI=1S/C13H20N4O/c1-9-6-12(8-17(9)2)15-10-4-3-5-11(7-10)16-13(14)18/h3-5,7,9,12,15H,6,8H2,1-2H3,(H3,14,16,18). The molecule has 0 aliphatic carbocycles. The molecule has 1 fully saturated rings. The Balaban J connectivity index is 1.99. The number of hydrogen-bond acceptors (Lipinski definition) is 3. The number of rotatable bonds is 3. The highest BCUT2D eigenvalue weighted by Crippen LogP contribution is 2.21. The van der Waals surface area contributed by atoms with Crippen LogP contribution < -0.4 is 16.4 Å². The highest BCUT2D eigenvalue weighted by atomic mass is 16.2. The quantitative estimate of drug-likeness (QED) is 0.762. The number of likely N-dealkylation sites (N-methyl/N-ethyl adjacent to an activating group) is 1. The number of benzene rings is 1. The average molecular weight is 248 g/mol. The van der Waals surface area contributed by atoms with Crippen LogP contribution in [0.5, 0.6) is 0 Å². The molecule has 0 spiro atoms. The van der Waals surface area contributed by atoms with E-state index in [0.717, 1.165) is 18.7 Å². The molecule has 2 atom stereocenters. The Labute approximate surface area is 107 Å². The van der Waals surface area contributed by atoms with Crippen LogP contribution in [-0.4, -0.2) is 36.6 Å². The minimum atomic E-state index is -0.540. The predicted octanol–water partition coefficient (Wildman–Crippen LogP) is 1.68. The third-order valence-corrected chi connectivity index (χ3v) is 3.39. The third kappa shape index (κ3) is 3.13. The summed E-state index contributed by atoms with van der Waals surface area (Å²) in [6.45, 7) is 3.27. The normalized spacial score (nSPS) is 23.9. The maximum absolute atomic E-state index is 10.8. The molecule has 0 bridgehead atoms. The molecule has 2 unspecified atom stereocenters. The lowest BCUT2D eigenvalue weighted by atomic mass is 10.2. The summed E-state index contributed by atoms with van der Waals surface area (Å²) >= 11 is 0. The maximum Gasteiger partial charge on any atom is 0.316 e. The number of primary amides is 1. The fraction of sp³-hybridized carbons (Fsp3) is 0.462. The molecule has 1 heterocycles. The predicted molar refractivity (Wildman–Crippen MR) is 73.8 cm³/mol. The van der Waals surface area contributed by atoms with Crippen molar-refractivity contribution in [3.8, 4) is 0 Å². The number of urea groups is 1. The highest BCUT2D eigenvalue weighted by molar-refractivity contribution is 5.88. The first-order valence-corrected chi connectivity index (χ1v) is 6.18. The zero-order valence-corrected chi connectivity index (χ0v) is 10.8. The summed E-state index contributed by atoms with van der Waals surface area (Å²) in [6.07, 6.45) is 1.13. The van der Waals surface area contributed by atoms with Gasteiger partial charge in [0, 0.05) is 30.0 Å². The van der Waals surface area contributed by atoms with E-state index in [1.807, 2.05) is 24.3 Å². The van der Waals surface area contributed by atoms with E-state index in [2.05, 4.69) is 29.5 Å². The van der Waals surface area contributed by atoms with Gasteiger partial charge in [0.05, 0.1) is 0 Å². The highest BCUT2D eigenvalue weighted by Gasteiger charge is 2.25. The van der Waals surface area contributed by atoms with Gasteiger partial charge in [-0.15, -0.1) is 0 Å². The van der Waals surface area contributed by atoms with E-state index < -0.39 is 6.03 Å². The number of nitrogens with one attached hydrogen (secondary N) is 2. The molecule has 18 heavy (non-hydrogen) atoms. The molecule has 4 N–H and O–H groups in total. The van der Waals surface area contributed by atoms with Crippen molar-refractivity contribution in [2.24, 2.45) is 5.73 Å². The van der Waals surface area contributed by atoms with Gasteiger partial charge in [0.25, 0.3) is 0 Å². The summed E-state index contributed by atoms with van der Waals surface area (Å²) in [5, 5.41) is 6.06. The summed E-state index contributed by atoms with van der Waals surface area (Å²) in [4.78, 5) is 13.1. The van der Waals surface area contributed by atoms with Crippen molar-refractivity contribution >= 4 is 17.4 Å². The van der Waals surface area contributed by atoms with Crippen molar-refractivity contribution < 1.29 is 4.79 Å². The van der Waals surface area contributed by atoms with Gasteiger partial charge in [-0.2, -0.15) is 0 Å². The number of nitrogens with zero attached hydrogens (tertiary/aromatic N) is 1. The van der Waals surface area contributed by atoms with E-state index in [1.165, 1.54) is 0 Å². The number of anilines is 2. The van der Waals surface area contributed by atoms with Gasteiger partial charge in [-0.05, 0) is 38.6 Å². The van der Waals surface area contributed by atoms with Crippen LogP contribution in [0, 0.1) is 0 Å². The Morgan fingerprint density at radius 3 is 2.78 bits per heavy atom. The van der Waals surface area contributed by atoms with E-state index in [-0.39, 0.29) is 0 Å². The van der Waals surface area contributed by atoms with Crippen molar-refractivity contribution in [3.05, 3.63) is 24.3 Å². The van der Waals surface area contributed by atoms with Crippen LogP contribution in [0.1, 0.15) is 13.3 Å². The topological polar surface area (TPSA) is 70.4 Å². The largest absolute Gasteiger partial charge is 0.381 e. The van der Waals surface area contributed by atoms with Gasteiger partial charge in [-0.1, -0.05) is 6.07 Å². The molecule has 5 heteroatoms. The van der Waals surface area contributed by atoms with Crippen LogP contribution in [0.25, 0.3) is 0 Å². The lowest BCUT2D eigenvalue weighted by Crippen LogP contribution is -2.25. The summed E-state index contributed by atoms with van der Waals surface area (Å²) < 4.78 is 0. The number of hydrogen-bond donors (Lipinski definition) is 3. The monoisotopic (exact) mass is 248 g/mol. The van der Waals surface area contributed by atoms with Gasteiger partial charge >= 0.3 is 6.03 Å². The van der Waals surface area contributed by atoms with Gasteiger partial charge < -0.3 is 21.3 Å². The minimum absolute atomic E-state index is 0.453. The van der Waals surface area contributed by atoms with Crippen LogP contribution >= 0.6 is 0 Å². The summed E-state index contributed by atoms with van der Waals surface area (Å²) in [7, 11) is 2.14. The molecule has 2 amide bonds. The minimum Gasteiger partial charge on any atom is -0.381 e. The molecule has 1 aromatic rings. The van der Waals surface area contributed by atoms with Crippen molar-refractivity contribution in [1.29, 1.82) is 0 Å². The molecule has 1 aliphatic heterocycles. The zero-order chi connectivity index (χ0) is 13.1. The average Bonchev–Trinajstić information content (AvgIpc) is 2.57. The van der Waals surface area contributed by atoms with Crippen molar-refractivity contribution in [3.63, 3.8) is 0 Å². The van der Waals surface area contributed by atoms with Gasteiger partial charge in [-0.25, -0.2) is 4.79 Å². The Bertz CT molecular complexity index is 425. The van der Waals surface area contributed by atoms with E-state index in [1.54, 1.807) is 0 Å². The van der Waals surface area contributed by atoms with Crippen LogP contribution in [0.4, 0.5) is 16.2 Å². The molecular weight excluding hydrogens is 228 g/mol. The summed E-state index contributed by atoms with van der Waals surface area (Å²) in [5.41, 5.74) is 6.82. The second-order valence-corrected chi connectivity index (χ2v) is 4.94. The number of nitrogens with two attached hydrogens (primary N) is 1. The fourth-order valence-electron chi connectivity index (χ4n) is 2.36. The van der Waals surface area contributed by atoms with E-state index in [9.17, 15) is 4.79 Å². The second-order valence-electron chi connectivity index (χ2n) is 4.94. The molecule has 0 saturated carbocycles. The number of likely N-dealkylation sites (tertiary alicyclic amines) is 1. The number of carbonyl (C=O) groups is 1. The van der Waals surface area contributed by atoms with Crippen LogP contribution in [0.3, 0.4) is 0 Å². The Hall–Kier alpha value is -1.75. The Morgan fingerprint density at radius 2 is 2.17 bits per heavy atom. The van der Waals surface area contributed by atoms with Crippen molar-refractivity contribution in [2.45, 2.75) is 25.4 Å². The van der Waals surface area contributed by atoms with Gasteiger partial charge in [0.15, 0.2) is 0 Å². The first-order valence-electron chi connectivity index (χ1n) is 6.18. The first-order chi connectivity index (χ1) is 8.54. The lowest BCUT2D eigenvalue weighted by Gasteiger charge is -2.15. The molecule has 0 aromatic heterocycles. The molecule has 1 aliphatic rings. The molecule has 5 nitrogen and oxygen atoms in total. The number of amides is 2. The van der Waals surface area contributed by atoms with E-state index in [0.29, 0.717) is 17.8 Å². The molecular formula is C13H20N4O. The maximum atomic E-state index is 10.8. The SMILES string of the molecule is CC1CC(Nc2cccc(NC(N)=O)c2)CN1C. The molecule has 1 saturated heterocycles. The fourth-order valence-corrected chi connectivity index (χ4v) is 2.36. The molecule has 1 aromatic carbocycles. The van der Waals surface area contributed by atoms with Gasteiger partial charge in [0.1, 0.15) is 0 Å². The second kappa shape index (κ2) is 5.27. The summed E-state index contributed by atoms with van der Waals surface area (Å²) in [5.74, 6) is 0. The molecule has 0 radical (unpaired) electrons. The Kier molecular flexibility index (Phi) is 3.72. The van der Waals surface area contributed by atoms with Crippen LogP contribution in [-0.2, 0) is 0 Å². The molecule has 98 valence electrons. The molecule has 2 rings (SSSR count). The van der Waals surface area contributed by atoms with Crippen molar-refractivity contribution in [2.75, 3.05) is 24.2 Å². The lowest BCUT2D eigenvalue weighted by molar-refractivity contribution is 0.259.